The molecule has 0 N–H and O–H groups in total. The molecular formula is C31H29N3O2. The maximum absolute atomic E-state index is 13.0. The average Bonchev–Trinajstić information content (AvgIpc) is 3.47. The summed E-state index contributed by atoms with van der Waals surface area (Å²) in [7, 11) is 0. The van der Waals surface area contributed by atoms with Crippen LogP contribution in [-0.2, 0) is 11.3 Å². The Balaban J connectivity index is 1.20. The van der Waals surface area contributed by atoms with E-state index in [0.717, 1.165) is 46.8 Å². The first-order valence-electron chi connectivity index (χ1n) is 12.6. The number of rotatable bonds is 7. The number of hydrogen-bond donors (Lipinski definition) is 0. The summed E-state index contributed by atoms with van der Waals surface area (Å²) in [5.41, 5.74) is 4.20. The van der Waals surface area contributed by atoms with Gasteiger partial charge in [0.15, 0.2) is 0 Å². The molecule has 0 radical (unpaired) electrons. The van der Waals surface area contributed by atoms with E-state index < -0.39 is 0 Å². The topological polar surface area (TPSA) is 47.4 Å². The monoisotopic (exact) mass is 475 g/mol. The van der Waals surface area contributed by atoms with Crippen molar-refractivity contribution in [3.63, 3.8) is 0 Å². The van der Waals surface area contributed by atoms with Gasteiger partial charge in [-0.3, -0.25) is 4.79 Å². The van der Waals surface area contributed by atoms with Gasteiger partial charge in [0.05, 0.1) is 17.6 Å². The van der Waals surface area contributed by atoms with Crippen LogP contribution >= 0.6 is 0 Å². The third-order valence-electron chi connectivity index (χ3n) is 7.10. The summed E-state index contributed by atoms with van der Waals surface area (Å²) in [6.07, 6.45) is 1.33. The van der Waals surface area contributed by atoms with Crippen LogP contribution in [0.5, 0.6) is 5.75 Å². The number of anilines is 1. The Labute approximate surface area is 210 Å². The molecule has 1 aliphatic heterocycles. The molecule has 0 saturated carbocycles. The second kappa shape index (κ2) is 9.50. The van der Waals surface area contributed by atoms with E-state index in [4.69, 9.17) is 9.72 Å². The standard InChI is InChI=1S/C31H29N3O2/c1-22-9-2-6-13-28(22)34-21-25(20-30(34)35)31-32-27-12-5-7-14-29(27)33(31)17-8-18-36-26-16-15-23-10-3-4-11-24(23)19-26/h2-7,9-16,19,25H,8,17-18,20-21H2,1H3. The number of ether oxygens (including phenoxy) is 1. The van der Waals surface area contributed by atoms with Crippen molar-refractivity contribution in [3.05, 3.63) is 102 Å². The summed E-state index contributed by atoms with van der Waals surface area (Å²) in [4.78, 5) is 19.9. The van der Waals surface area contributed by atoms with Crippen LogP contribution in [0.4, 0.5) is 5.69 Å². The van der Waals surface area contributed by atoms with E-state index in [1.807, 2.05) is 47.4 Å². The maximum Gasteiger partial charge on any atom is 0.227 e. The quantitative estimate of drug-likeness (QED) is 0.253. The number of aryl methyl sites for hydroxylation is 2. The first-order valence-corrected chi connectivity index (χ1v) is 12.6. The lowest BCUT2D eigenvalue weighted by molar-refractivity contribution is -0.117. The molecule has 6 rings (SSSR count). The highest BCUT2D eigenvalue weighted by Crippen LogP contribution is 2.34. The maximum atomic E-state index is 13.0. The fraction of sp³-hybridized carbons (Fsp3) is 0.226. The molecule has 1 aromatic heterocycles. The normalized spacial score (nSPS) is 15.8. The van der Waals surface area contributed by atoms with E-state index in [-0.39, 0.29) is 11.8 Å². The SMILES string of the molecule is Cc1ccccc1N1CC(c2nc3ccccc3n2CCCOc2ccc3ccccc3c2)CC1=O. The van der Waals surface area contributed by atoms with E-state index >= 15 is 0 Å². The smallest absolute Gasteiger partial charge is 0.227 e. The van der Waals surface area contributed by atoms with Crippen molar-refractivity contribution < 1.29 is 9.53 Å². The lowest BCUT2D eigenvalue weighted by Crippen LogP contribution is -2.25. The first-order chi connectivity index (χ1) is 17.7. The molecule has 1 saturated heterocycles. The largest absolute Gasteiger partial charge is 0.494 e. The van der Waals surface area contributed by atoms with Gasteiger partial charge in [0.1, 0.15) is 11.6 Å². The van der Waals surface area contributed by atoms with Crippen LogP contribution in [0.3, 0.4) is 0 Å². The van der Waals surface area contributed by atoms with Gasteiger partial charge in [-0.05, 0) is 60.0 Å². The van der Waals surface area contributed by atoms with E-state index in [0.29, 0.717) is 19.6 Å². The number of amides is 1. The highest BCUT2D eigenvalue weighted by atomic mass is 16.5. The summed E-state index contributed by atoms with van der Waals surface area (Å²) in [5.74, 6) is 2.10. The van der Waals surface area contributed by atoms with Crippen LogP contribution in [-0.4, -0.2) is 28.6 Å². The fourth-order valence-corrected chi connectivity index (χ4v) is 5.29. The number of fused-ring (bicyclic) bond motifs is 2. The number of aromatic nitrogens is 2. The highest BCUT2D eigenvalue weighted by molar-refractivity contribution is 5.97. The van der Waals surface area contributed by atoms with Gasteiger partial charge >= 0.3 is 0 Å². The van der Waals surface area contributed by atoms with Crippen LogP contribution in [0.2, 0.25) is 0 Å². The van der Waals surface area contributed by atoms with Crippen LogP contribution in [0.1, 0.15) is 30.1 Å². The Kier molecular flexibility index (Phi) is 5.90. The Bertz CT molecular complexity index is 1550. The van der Waals surface area contributed by atoms with Crippen LogP contribution in [0.15, 0.2) is 91.0 Å². The van der Waals surface area contributed by atoms with Crippen molar-refractivity contribution in [3.8, 4) is 5.75 Å². The lowest BCUT2D eigenvalue weighted by atomic mass is 10.1. The Hall–Kier alpha value is -4.12. The minimum atomic E-state index is 0.0610. The molecule has 1 aliphatic rings. The molecule has 0 aliphatic carbocycles. The minimum Gasteiger partial charge on any atom is -0.494 e. The van der Waals surface area contributed by atoms with Gasteiger partial charge in [0.2, 0.25) is 5.91 Å². The average molecular weight is 476 g/mol. The number of imidazole rings is 1. The number of nitrogens with zero attached hydrogens (tertiary/aromatic N) is 3. The Morgan fingerprint density at radius 1 is 0.917 bits per heavy atom. The van der Waals surface area contributed by atoms with Crippen molar-refractivity contribution >= 4 is 33.4 Å². The van der Waals surface area contributed by atoms with Crippen LogP contribution < -0.4 is 9.64 Å². The number of carbonyl (C=O) groups excluding carboxylic acids is 1. The molecule has 180 valence electrons. The zero-order chi connectivity index (χ0) is 24.5. The summed E-state index contributed by atoms with van der Waals surface area (Å²) in [5, 5.41) is 2.40. The molecule has 0 spiro atoms. The molecule has 1 atom stereocenters. The lowest BCUT2D eigenvalue weighted by Gasteiger charge is -2.19. The number of benzene rings is 4. The Morgan fingerprint density at radius 2 is 1.69 bits per heavy atom. The number of para-hydroxylation sites is 3. The van der Waals surface area contributed by atoms with Crippen molar-refractivity contribution in [2.24, 2.45) is 0 Å². The second-order valence-corrected chi connectivity index (χ2v) is 9.51. The zero-order valence-corrected chi connectivity index (χ0v) is 20.4. The fourth-order valence-electron chi connectivity index (χ4n) is 5.29. The van der Waals surface area contributed by atoms with Crippen molar-refractivity contribution in [2.75, 3.05) is 18.1 Å². The molecule has 5 heteroatoms. The van der Waals surface area contributed by atoms with Gasteiger partial charge in [-0.1, -0.05) is 60.7 Å². The van der Waals surface area contributed by atoms with Gasteiger partial charge in [-0.25, -0.2) is 4.98 Å². The number of carbonyl (C=O) groups is 1. The molecule has 5 nitrogen and oxygen atoms in total. The zero-order valence-electron chi connectivity index (χ0n) is 20.4. The van der Waals surface area contributed by atoms with Gasteiger partial charge in [-0.2, -0.15) is 0 Å². The van der Waals surface area contributed by atoms with E-state index in [9.17, 15) is 4.79 Å². The second-order valence-electron chi connectivity index (χ2n) is 9.51. The molecule has 5 aromatic rings. The Morgan fingerprint density at radius 3 is 2.58 bits per heavy atom. The third kappa shape index (κ3) is 4.22. The van der Waals surface area contributed by atoms with E-state index in [1.54, 1.807) is 0 Å². The summed E-state index contributed by atoms with van der Waals surface area (Å²) in [6, 6.07) is 30.9. The van der Waals surface area contributed by atoms with Gasteiger partial charge in [0, 0.05) is 31.1 Å². The summed E-state index contributed by atoms with van der Waals surface area (Å²) >= 11 is 0. The van der Waals surface area contributed by atoms with E-state index in [1.165, 1.54) is 10.8 Å². The predicted octanol–water partition coefficient (Wildman–Crippen LogP) is 6.49. The molecule has 36 heavy (non-hydrogen) atoms. The molecule has 1 amide bonds. The molecule has 1 fully saturated rings. The van der Waals surface area contributed by atoms with Crippen molar-refractivity contribution in [2.45, 2.75) is 32.2 Å². The number of hydrogen-bond acceptors (Lipinski definition) is 3. The molecule has 2 heterocycles. The molecule has 0 bridgehead atoms. The third-order valence-corrected chi connectivity index (χ3v) is 7.10. The highest BCUT2D eigenvalue weighted by Gasteiger charge is 2.35. The van der Waals surface area contributed by atoms with Gasteiger partial charge < -0.3 is 14.2 Å². The minimum absolute atomic E-state index is 0.0610. The molecule has 4 aromatic carbocycles. The van der Waals surface area contributed by atoms with Crippen molar-refractivity contribution in [1.82, 2.24) is 9.55 Å². The van der Waals surface area contributed by atoms with Crippen molar-refractivity contribution in [1.29, 1.82) is 0 Å². The van der Waals surface area contributed by atoms with E-state index in [2.05, 4.69) is 60.0 Å². The van der Waals surface area contributed by atoms with Crippen LogP contribution in [0.25, 0.3) is 21.8 Å². The van der Waals surface area contributed by atoms with Crippen LogP contribution in [0, 0.1) is 6.92 Å². The van der Waals surface area contributed by atoms with Gasteiger partial charge in [0.25, 0.3) is 0 Å². The first kappa shape index (κ1) is 22.4. The van der Waals surface area contributed by atoms with Gasteiger partial charge in [-0.15, -0.1) is 0 Å². The molecule has 1 unspecified atom stereocenters. The molecular weight excluding hydrogens is 446 g/mol. The predicted molar refractivity (Wildman–Crippen MR) is 145 cm³/mol. The summed E-state index contributed by atoms with van der Waals surface area (Å²) in [6.45, 7) is 4.11. The summed E-state index contributed by atoms with van der Waals surface area (Å²) < 4.78 is 8.39.